The standard InChI is InChI=1S/C16H13ClN2O/c17-15-5-6-16(14-4-2-1-3-13(14)15)20-10-12-9-11(18)7-8-19-12/h1-9H,10H2,(H2,18,19). The molecular weight excluding hydrogens is 272 g/mol. The van der Waals surface area contributed by atoms with E-state index in [-0.39, 0.29) is 0 Å². The van der Waals surface area contributed by atoms with Crippen molar-refractivity contribution >= 4 is 28.1 Å². The normalized spacial score (nSPS) is 10.7. The van der Waals surface area contributed by atoms with Crippen molar-refractivity contribution < 1.29 is 4.74 Å². The highest BCUT2D eigenvalue weighted by atomic mass is 35.5. The van der Waals surface area contributed by atoms with Gasteiger partial charge in [-0.15, -0.1) is 0 Å². The van der Waals surface area contributed by atoms with Crippen LogP contribution in [0.25, 0.3) is 10.8 Å². The maximum Gasteiger partial charge on any atom is 0.130 e. The van der Waals surface area contributed by atoms with Crippen LogP contribution in [-0.2, 0) is 6.61 Å². The third kappa shape index (κ3) is 2.53. The Morgan fingerprint density at radius 2 is 1.85 bits per heavy atom. The highest BCUT2D eigenvalue weighted by Crippen LogP contribution is 2.31. The molecule has 2 N–H and O–H groups in total. The van der Waals surface area contributed by atoms with Crippen LogP contribution in [0.15, 0.2) is 54.7 Å². The van der Waals surface area contributed by atoms with Crippen LogP contribution in [-0.4, -0.2) is 4.98 Å². The highest BCUT2D eigenvalue weighted by molar-refractivity contribution is 6.35. The van der Waals surface area contributed by atoms with Gasteiger partial charge in [-0.1, -0.05) is 35.9 Å². The summed E-state index contributed by atoms with van der Waals surface area (Å²) >= 11 is 6.18. The first kappa shape index (κ1) is 12.8. The number of fused-ring (bicyclic) bond motifs is 1. The Bertz CT molecular complexity index is 758. The lowest BCUT2D eigenvalue weighted by Crippen LogP contribution is -1.99. The first-order valence-corrected chi connectivity index (χ1v) is 6.62. The van der Waals surface area contributed by atoms with Gasteiger partial charge >= 0.3 is 0 Å². The van der Waals surface area contributed by atoms with Gasteiger partial charge in [0.2, 0.25) is 0 Å². The molecule has 3 aromatic rings. The monoisotopic (exact) mass is 284 g/mol. The molecule has 4 heteroatoms. The lowest BCUT2D eigenvalue weighted by atomic mass is 10.1. The van der Waals surface area contributed by atoms with Gasteiger partial charge in [0.05, 0.1) is 5.69 Å². The molecule has 0 amide bonds. The van der Waals surface area contributed by atoms with Crippen LogP contribution in [0.1, 0.15) is 5.69 Å². The van der Waals surface area contributed by atoms with Gasteiger partial charge in [0.25, 0.3) is 0 Å². The van der Waals surface area contributed by atoms with Crippen LogP contribution in [0, 0.1) is 0 Å². The quantitative estimate of drug-likeness (QED) is 0.789. The summed E-state index contributed by atoms with van der Waals surface area (Å²) in [6.07, 6.45) is 1.67. The maximum atomic E-state index is 6.18. The molecule has 0 unspecified atom stereocenters. The van der Waals surface area contributed by atoms with Gasteiger partial charge in [0.15, 0.2) is 0 Å². The van der Waals surface area contributed by atoms with Crippen molar-refractivity contribution in [1.29, 1.82) is 0 Å². The first-order valence-electron chi connectivity index (χ1n) is 6.24. The zero-order chi connectivity index (χ0) is 13.9. The summed E-state index contributed by atoms with van der Waals surface area (Å²) in [5.74, 6) is 0.786. The Balaban J connectivity index is 1.90. The SMILES string of the molecule is Nc1ccnc(COc2ccc(Cl)c3ccccc23)c1. The fourth-order valence-electron chi connectivity index (χ4n) is 2.09. The molecule has 0 fully saturated rings. The summed E-state index contributed by atoms with van der Waals surface area (Å²) in [6, 6.07) is 15.1. The second-order valence-electron chi connectivity index (χ2n) is 4.46. The number of benzene rings is 2. The third-order valence-electron chi connectivity index (χ3n) is 3.05. The van der Waals surface area contributed by atoms with Gasteiger partial charge in [-0.3, -0.25) is 4.98 Å². The van der Waals surface area contributed by atoms with Gasteiger partial charge in [-0.2, -0.15) is 0 Å². The molecule has 3 rings (SSSR count). The highest BCUT2D eigenvalue weighted by Gasteiger charge is 2.06. The number of hydrogen-bond donors (Lipinski definition) is 1. The Kier molecular flexibility index (Phi) is 3.44. The van der Waals surface area contributed by atoms with Gasteiger partial charge < -0.3 is 10.5 Å². The zero-order valence-electron chi connectivity index (χ0n) is 10.7. The summed E-state index contributed by atoms with van der Waals surface area (Å²) < 4.78 is 5.84. The molecule has 0 radical (unpaired) electrons. The molecular formula is C16H13ClN2O. The molecule has 0 aliphatic rings. The second-order valence-corrected chi connectivity index (χ2v) is 4.87. The van der Waals surface area contributed by atoms with Crippen LogP contribution in [0.5, 0.6) is 5.75 Å². The second kappa shape index (κ2) is 5.39. The zero-order valence-corrected chi connectivity index (χ0v) is 11.5. The predicted octanol–water partition coefficient (Wildman–Crippen LogP) is 4.05. The average molecular weight is 285 g/mol. The van der Waals surface area contributed by atoms with E-state index in [0.717, 1.165) is 27.2 Å². The molecule has 20 heavy (non-hydrogen) atoms. The fraction of sp³-hybridized carbons (Fsp3) is 0.0625. The average Bonchev–Trinajstić information content (AvgIpc) is 2.47. The Morgan fingerprint density at radius 1 is 1.05 bits per heavy atom. The number of halogens is 1. The van der Waals surface area contributed by atoms with E-state index in [9.17, 15) is 0 Å². The van der Waals surface area contributed by atoms with Gasteiger partial charge in [-0.25, -0.2) is 0 Å². The van der Waals surface area contributed by atoms with Crippen LogP contribution in [0.3, 0.4) is 0 Å². The summed E-state index contributed by atoms with van der Waals surface area (Å²) in [5.41, 5.74) is 7.20. The molecule has 3 nitrogen and oxygen atoms in total. The molecule has 0 aliphatic heterocycles. The number of nitrogen functional groups attached to an aromatic ring is 1. The van der Waals surface area contributed by atoms with Crippen molar-refractivity contribution in [3.05, 3.63) is 65.4 Å². The van der Waals surface area contributed by atoms with Gasteiger partial charge in [-0.05, 0) is 24.3 Å². The largest absolute Gasteiger partial charge is 0.487 e. The lowest BCUT2D eigenvalue weighted by Gasteiger charge is -2.10. The molecule has 0 atom stereocenters. The van der Waals surface area contributed by atoms with Crippen molar-refractivity contribution in [1.82, 2.24) is 4.98 Å². The number of hydrogen-bond acceptors (Lipinski definition) is 3. The van der Waals surface area contributed by atoms with E-state index < -0.39 is 0 Å². The number of nitrogens with two attached hydrogens (primary N) is 1. The molecule has 0 saturated heterocycles. The number of rotatable bonds is 3. The van der Waals surface area contributed by atoms with E-state index in [0.29, 0.717) is 12.3 Å². The number of aromatic nitrogens is 1. The number of nitrogens with zero attached hydrogens (tertiary/aromatic N) is 1. The van der Waals surface area contributed by atoms with Crippen molar-refractivity contribution in [2.75, 3.05) is 5.73 Å². The Hall–Kier alpha value is -2.26. The predicted molar refractivity (Wildman–Crippen MR) is 81.9 cm³/mol. The smallest absolute Gasteiger partial charge is 0.130 e. The molecule has 2 aromatic carbocycles. The topological polar surface area (TPSA) is 48.1 Å². The minimum Gasteiger partial charge on any atom is -0.487 e. The van der Waals surface area contributed by atoms with Crippen molar-refractivity contribution in [2.24, 2.45) is 0 Å². The number of anilines is 1. The molecule has 1 aromatic heterocycles. The van der Waals surface area contributed by atoms with Crippen LogP contribution < -0.4 is 10.5 Å². The lowest BCUT2D eigenvalue weighted by molar-refractivity contribution is 0.305. The summed E-state index contributed by atoms with van der Waals surface area (Å²) in [7, 11) is 0. The number of pyridine rings is 1. The summed E-state index contributed by atoms with van der Waals surface area (Å²) in [4.78, 5) is 4.22. The van der Waals surface area contributed by atoms with Crippen molar-refractivity contribution in [2.45, 2.75) is 6.61 Å². The minimum absolute atomic E-state index is 0.372. The molecule has 1 heterocycles. The Labute approximate surface area is 122 Å². The van der Waals surface area contributed by atoms with E-state index in [1.165, 1.54) is 0 Å². The summed E-state index contributed by atoms with van der Waals surface area (Å²) in [6.45, 7) is 0.372. The molecule has 0 bridgehead atoms. The van der Waals surface area contributed by atoms with E-state index in [2.05, 4.69) is 4.98 Å². The van der Waals surface area contributed by atoms with Crippen molar-refractivity contribution in [3.8, 4) is 5.75 Å². The van der Waals surface area contributed by atoms with E-state index >= 15 is 0 Å². The number of ether oxygens (including phenoxy) is 1. The maximum absolute atomic E-state index is 6.18. The van der Waals surface area contributed by atoms with E-state index in [4.69, 9.17) is 22.1 Å². The first-order chi connectivity index (χ1) is 9.74. The molecule has 0 saturated carbocycles. The Morgan fingerprint density at radius 3 is 2.65 bits per heavy atom. The fourth-order valence-corrected chi connectivity index (χ4v) is 2.32. The van der Waals surface area contributed by atoms with E-state index in [1.54, 1.807) is 18.3 Å². The summed E-state index contributed by atoms with van der Waals surface area (Å²) in [5, 5.41) is 2.69. The van der Waals surface area contributed by atoms with Crippen LogP contribution in [0.4, 0.5) is 5.69 Å². The van der Waals surface area contributed by atoms with Gasteiger partial charge in [0.1, 0.15) is 12.4 Å². The minimum atomic E-state index is 0.372. The molecule has 0 spiro atoms. The molecule has 100 valence electrons. The third-order valence-corrected chi connectivity index (χ3v) is 3.38. The van der Waals surface area contributed by atoms with Gasteiger partial charge in [0, 0.05) is 27.7 Å². The van der Waals surface area contributed by atoms with Crippen LogP contribution in [0.2, 0.25) is 5.02 Å². The van der Waals surface area contributed by atoms with E-state index in [1.807, 2.05) is 36.4 Å². The van der Waals surface area contributed by atoms with Crippen LogP contribution >= 0.6 is 11.6 Å². The van der Waals surface area contributed by atoms with Crippen molar-refractivity contribution in [3.63, 3.8) is 0 Å². The molecule has 0 aliphatic carbocycles.